The van der Waals surface area contributed by atoms with Crippen LogP contribution in [-0.4, -0.2) is 35.1 Å². The average molecular weight is 401 g/mol. The molecule has 0 radical (unpaired) electrons. The van der Waals surface area contributed by atoms with E-state index >= 15 is 0 Å². The smallest absolute Gasteiger partial charge is 0.303 e. The largest absolute Gasteiger partial charge is 0.497 e. The van der Waals surface area contributed by atoms with Crippen LogP contribution in [-0.2, 0) is 11.2 Å². The molecule has 1 aliphatic rings. The molecule has 1 fully saturated rings. The number of nitrogens with two attached hydrogens (primary N) is 1. The number of hydrogen-bond acceptors (Lipinski definition) is 8. The Labute approximate surface area is 165 Å². The van der Waals surface area contributed by atoms with Crippen LogP contribution < -0.4 is 15.3 Å². The van der Waals surface area contributed by atoms with E-state index < -0.39 is 22.4 Å². The fourth-order valence-corrected chi connectivity index (χ4v) is 3.66. The minimum Gasteiger partial charge on any atom is -0.497 e. The lowest BCUT2D eigenvalue weighted by Crippen LogP contribution is -2.37. The molecule has 8 nitrogen and oxygen atoms in total. The van der Waals surface area contributed by atoms with Gasteiger partial charge in [0.1, 0.15) is 18.1 Å². The zero-order valence-electron chi connectivity index (χ0n) is 15.1. The molecule has 2 amide bonds. The third kappa shape index (κ3) is 4.49. The summed E-state index contributed by atoms with van der Waals surface area (Å²) in [5.41, 5.74) is 1.61. The van der Waals surface area contributed by atoms with Crippen LogP contribution in [0, 0.1) is 4.91 Å². The molecule has 1 heterocycles. The van der Waals surface area contributed by atoms with Crippen molar-refractivity contribution in [1.82, 2.24) is 5.01 Å². The van der Waals surface area contributed by atoms with Crippen LogP contribution in [0.15, 0.2) is 53.7 Å². The Bertz CT molecular complexity index is 857. The van der Waals surface area contributed by atoms with Gasteiger partial charge in [-0.1, -0.05) is 29.4 Å². The number of ether oxygens (including phenoxy) is 2. The number of thioether (sulfide) groups is 1. The highest BCUT2D eigenvalue weighted by Crippen LogP contribution is 2.28. The lowest BCUT2D eigenvalue weighted by Gasteiger charge is -2.13. The number of amides is 2. The quantitative estimate of drug-likeness (QED) is 0.411. The third-order valence-electron chi connectivity index (χ3n) is 4.33. The van der Waals surface area contributed by atoms with Crippen molar-refractivity contribution in [2.45, 2.75) is 17.7 Å². The van der Waals surface area contributed by atoms with E-state index in [1.165, 1.54) is 0 Å². The number of benzene rings is 2. The fraction of sp³-hybridized carbons (Fsp3) is 0.263. The van der Waals surface area contributed by atoms with Gasteiger partial charge in [-0.2, -0.15) is 4.91 Å². The van der Waals surface area contributed by atoms with E-state index in [4.69, 9.17) is 15.3 Å². The Balaban J connectivity index is 1.57. The normalized spacial score (nSPS) is 17.5. The number of methoxy groups -OCH3 is 1. The molecule has 9 heteroatoms. The molecule has 3 rings (SSSR count). The maximum Gasteiger partial charge on any atom is 0.303 e. The summed E-state index contributed by atoms with van der Waals surface area (Å²) in [6.45, 7) is 0.1000. The number of rotatable bonds is 8. The second-order valence-electron chi connectivity index (χ2n) is 6.13. The van der Waals surface area contributed by atoms with Gasteiger partial charge < -0.3 is 9.47 Å². The Morgan fingerprint density at radius 2 is 1.75 bits per heavy atom. The first kappa shape index (κ1) is 19.8. The highest BCUT2D eigenvalue weighted by atomic mass is 32.2. The summed E-state index contributed by atoms with van der Waals surface area (Å²) in [6, 6.07) is 13.5. The van der Waals surface area contributed by atoms with Crippen molar-refractivity contribution in [2.75, 3.05) is 13.7 Å². The lowest BCUT2D eigenvalue weighted by atomic mass is 10.1. The molecule has 2 N–H and O–H groups in total. The van der Waals surface area contributed by atoms with E-state index in [2.05, 4.69) is 5.18 Å². The molecule has 2 aromatic carbocycles. The van der Waals surface area contributed by atoms with Crippen molar-refractivity contribution in [1.29, 1.82) is 0 Å². The Morgan fingerprint density at radius 1 is 1.11 bits per heavy atom. The van der Waals surface area contributed by atoms with Crippen LogP contribution in [0.25, 0.3) is 0 Å². The van der Waals surface area contributed by atoms with Crippen molar-refractivity contribution in [3.63, 3.8) is 0 Å². The van der Waals surface area contributed by atoms with E-state index in [-0.39, 0.29) is 6.61 Å². The molecule has 0 saturated carbocycles. The highest BCUT2D eigenvalue weighted by Gasteiger charge is 2.37. The predicted octanol–water partition coefficient (Wildman–Crippen LogP) is 3.06. The third-order valence-corrected chi connectivity index (χ3v) is 5.38. The zero-order chi connectivity index (χ0) is 20.1. The second-order valence-corrected chi connectivity index (χ2v) is 7.29. The van der Waals surface area contributed by atoms with Crippen molar-refractivity contribution in [3.8, 4) is 11.5 Å². The fourth-order valence-electron chi connectivity index (χ4n) is 2.73. The molecule has 2 atom stereocenters. The van der Waals surface area contributed by atoms with Crippen LogP contribution in [0.2, 0.25) is 0 Å². The van der Waals surface area contributed by atoms with Crippen LogP contribution in [0.3, 0.4) is 0 Å². The van der Waals surface area contributed by atoms with E-state index in [1.807, 2.05) is 12.1 Å². The van der Waals surface area contributed by atoms with Gasteiger partial charge in [-0.15, -0.1) is 0 Å². The van der Waals surface area contributed by atoms with Crippen LogP contribution in [0.4, 0.5) is 4.79 Å². The number of hydrazine groups is 1. The number of carbonyl (C=O) groups is 2. The average Bonchev–Trinajstić information content (AvgIpc) is 2.96. The monoisotopic (exact) mass is 401 g/mol. The molecule has 146 valence electrons. The molecular formula is C19H19N3O5S. The maximum absolute atomic E-state index is 11.9. The molecule has 1 saturated heterocycles. The highest BCUT2D eigenvalue weighted by molar-refractivity contribution is 8.15. The molecule has 2 unspecified atom stereocenters. The number of carbonyl (C=O) groups excluding carboxylic acids is 2. The molecule has 1 aliphatic heterocycles. The van der Waals surface area contributed by atoms with E-state index in [9.17, 15) is 14.5 Å². The molecular weight excluding hydrogens is 382 g/mol. The van der Waals surface area contributed by atoms with E-state index in [1.54, 1.807) is 43.5 Å². The van der Waals surface area contributed by atoms with Crippen molar-refractivity contribution < 1.29 is 19.1 Å². The van der Waals surface area contributed by atoms with Crippen LogP contribution in [0.1, 0.15) is 17.2 Å². The number of nitrogens with zero attached hydrogens (tertiary/aromatic N) is 2. The molecule has 28 heavy (non-hydrogen) atoms. The lowest BCUT2D eigenvalue weighted by molar-refractivity contribution is -0.126. The molecule has 0 aliphatic carbocycles. The van der Waals surface area contributed by atoms with Crippen molar-refractivity contribution in [3.05, 3.63) is 64.6 Å². The standard InChI is InChI=1S/C19H19N3O5S/c1-26-14-8-4-13(5-9-14)16(21-25)11-27-15-6-2-12(3-7-15)10-17-18(23)22(20)19(24)28-17/h2-9,16-17H,10-11,20H2,1H3. The summed E-state index contributed by atoms with van der Waals surface area (Å²) in [5, 5.41) is 2.83. The topological polar surface area (TPSA) is 111 Å². The summed E-state index contributed by atoms with van der Waals surface area (Å²) < 4.78 is 10.8. The van der Waals surface area contributed by atoms with E-state index in [0.29, 0.717) is 22.9 Å². The summed E-state index contributed by atoms with van der Waals surface area (Å²) >= 11 is 0.923. The number of imide groups is 1. The van der Waals surface area contributed by atoms with Gasteiger partial charge in [-0.3, -0.25) is 9.59 Å². The summed E-state index contributed by atoms with van der Waals surface area (Å²) in [6.07, 6.45) is 0.396. The van der Waals surface area contributed by atoms with Crippen molar-refractivity contribution >= 4 is 22.9 Å². The molecule has 2 aromatic rings. The summed E-state index contributed by atoms with van der Waals surface area (Å²) in [4.78, 5) is 34.5. The molecule has 0 bridgehead atoms. The first-order valence-corrected chi connectivity index (χ1v) is 9.37. The SMILES string of the molecule is COc1ccc(C(COc2ccc(CC3SC(=O)N(N)C3=O)cc2)N=O)cc1. The Kier molecular flexibility index (Phi) is 6.27. The Hall–Kier alpha value is -2.91. The molecule has 0 aromatic heterocycles. The minimum atomic E-state index is -0.639. The number of hydrogen-bond donors (Lipinski definition) is 1. The minimum absolute atomic E-state index is 0.1000. The Morgan fingerprint density at radius 3 is 2.29 bits per heavy atom. The maximum atomic E-state index is 11.9. The molecule has 0 spiro atoms. The van der Waals surface area contributed by atoms with Gasteiger partial charge in [-0.05, 0) is 53.6 Å². The summed E-state index contributed by atoms with van der Waals surface area (Å²) in [7, 11) is 1.57. The van der Waals surface area contributed by atoms with Gasteiger partial charge >= 0.3 is 5.24 Å². The van der Waals surface area contributed by atoms with E-state index in [0.717, 1.165) is 22.9 Å². The van der Waals surface area contributed by atoms with Gasteiger partial charge in [0.25, 0.3) is 5.91 Å². The summed E-state index contributed by atoms with van der Waals surface area (Å²) in [5.74, 6) is 6.27. The zero-order valence-corrected chi connectivity index (χ0v) is 15.9. The van der Waals surface area contributed by atoms with Gasteiger partial charge in [0.15, 0.2) is 6.04 Å². The second kappa shape index (κ2) is 8.85. The van der Waals surface area contributed by atoms with Gasteiger partial charge in [0.05, 0.1) is 12.4 Å². The van der Waals surface area contributed by atoms with Gasteiger partial charge in [0.2, 0.25) is 0 Å². The van der Waals surface area contributed by atoms with Crippen molar-refractivity contribution in [2.24, 2.45) is 11.0 Å². The van der Waals surface area contributed by atoms with Crippen LogP contribution in [0.5, 0.6) is 11.5 Å². The number of nitroso groups, excluding NO2 is 1. The first-order chi connectivity index (χ1) is 13.5. The van der Waals surface area contributed by atoms with Crippen LogP contribution >= 0.6 is 11.8 Å². The van der Waals surface area contributed by atoms with Gasteiger partial charge in [0, 0.05) is 0 Å². The van der Waals surface area contributed by atoms with Gasteiger partial charge in [-0.25, -0.2) is 10.9 Å². The predicted molar refractivity (Wildman–Crippen MR) is 105 cm³/mol. The first-order valence-electron chi connectivity index (χ1n) is 8.49.